The molecule has 0 fully saturated rings. The van der Waals surface area contributed by atoms with E-state index in [1.807, 2.05) is 0 Å². The van der Waals surface area contributed by atoms with E-state index in [4.69, 9.17) is 5.11 Å². The zero-order valence-electron chi connectivity index (χ0n) is 7.90. The molecule has 6 heteroatoms. The van der Waals surface area contributed by atoms with E-state index in [9.17, 15) is 14.0 Å². The first-order valence-corrected chi connectivity index (χ1v) is 5.10. The van der Waals surface area contributed by atoms with E-state index in [1.165, 1.54) is 23.8 Å². The summed E-state index contributed by atoms with van der Waals surface area (Å²) in [4.78, 5) is 22.0. The number of carboxylic acid groups (broad SMARTS) is 1. The van der Waals surface area contributed by atoms with Crippen LogP contribution in [0.2, 0.25) is 0 Å². The lowest BCUT2D eigenvalue weighted by Gasteiger charge is -2.17. The number of rotatable bonds is 4. The summed E-state index contributed by atoms with van der Waals surface area (Å²) in [5, 5.41) is 11.5. The molecule has 0 bridgehead atoms. The molecule has 1 aromatic heterocycles. The van der Waals surface area contributed by atoms with Gasteiger partial charge in [-0.15, -0.1) is 0 Å². The monoisotopic (exact) mass is 232 g/mol. The fourth-order valence-electron chi connectivity index (χ4n) is 1.02. The second-order valence-corrected chi connectivity index (χ2v) is 3.48. The van der Waals surface area contributed by atoms with E-state index in [2.05, 4.69) is 4.74 Å². The molecule has 1 rings (SSSR count). The molecule has 0 saturated carbocycles. The summed E-state index contributed by atoms with van der Waals surface area (Å²) in [5.74, 6) is -3.25. The Morgan fingerprint density at radius 1 is 1.67 bits per heavy atom. The van der Waals surface area contributed by atoms with Crippen LogP contribution in [0.1, 0.15) is 12.5 Å². The molecule has 0 saturated heterocycles. The Kier molecular flexibility index (Phi) is 3.41. The maximum atomic E-state index is 14.0. The van der Waals surface area contributed by atoms with Gasteiger partial charge in [0.05, 0.1) is 6.61 Å². The molecule has 0 aliphatic carbocycles. The van der Waals surface area contributed by atoms with Gasteiger partial charge in [0, 0.05) is 5.56 Å². The average Bonchev–Trinajstić information content (AvgIpc) is 2.69. The zero-order chi connectivity index (χ0) is 11.5. The Bertz CT molecular complexity index is 362. The fourth-order valence-corrected chi connectivity index (χ4v) is 1.71. The van der Waals surface area contributed by atoms with Crippen molar-refractivity contribution in [2.45, 2.75) is 12.6 Å². The lowest BCUT2D eigenvalue weighted by atomic mass is 9.99. The van der Waals surface area contributed by atoms with Crippen LogP contribution in [0.25, 0.3) is 0 Å². The summed E-state index contributed by atoms with van der Waals surface area (Å²) in [7, 11) is 0. The molecule has 0 aliphatic rings. The molecule has 0 aromatic carbocycles. The Labute approximate surface area is 89.3 Å². The molecule has 0 amide bonds. The maximum absolute atomic E-state index is 14.0. The SMILES string of the molecule is CCOC(=O)C(F)(C(=O)O)c1ccsc1. The minimum Gasteiger partial charge on any atom is -0.478 e. The largest absolute Gasteiger partial charge is 0.478 e. The topological polar surface area (TPSA) is 63.6 Å². The van der Waals surface area contributed by atoms with Gasteiger partial charge in [-0.05, 0) is 23.8 Å². The normalized spacial score (nSPS) is 14.3. The molecule has 4 nitrogen and oxygen atoms in total. The van der Waals surface area contributed by atoms with Crippen molar-refractivity contribution in [3.63, 3.8) is 0 Å². The van der Waals surface area contributed by atoms with Crippen LogP contribution >= 0.6 is 11.3 Å². The van der Waals surface area contributed by atoms with Crippen molar-refractivity contribution in [3.05, 3.63) is 22.4 Å². The van der Waals surface area contributed by atoms with E-state index < -0.39 is 17.6 Å². The van der Waals surface area contributed by atoms with Crippen molar-refractivity contribution in [1.82, 2.24) is 0 Å². The summed E-state index contributed by atoms with van der Waals surface area (Å²) in [5.41, 5.74) is -3.31. The van der Waals surface area contributed by atoms with Gasteiger partial charge < -0.3 is 9.84 Å². The Morgan fingerprint density at radius 3 is 2.73 bits per heavy atom. The number of ether oxygens (including phenoxy) is 1. The van der Waals surface area contributed by atoms with Crippen molar-refractivity contribution in [2.75, 3.05) is 6.61 Å². The van der Waals surface area contributed by atoms with E-state index >= 15 is 0 Å². The maximum Gasteiger partial charge on any atom is 0.360 e. The number of aliphatic carboxylic acids is 1. The Hall–Kier alpha value is -1.43. The van der Waals surface area contributed by atoms with Gasteiger partial charge >= 0.3 is 17.6 Å². The van der Waals surface area contributed by atoms with Gasteiger partial charge in [0.25, 0.3) is 0 Å². The van der Waals surface area contributed by atoms with Gasteiger partial charge in [-0.2, -0.15) is 11.3 Å². The van der Waals surface area contributed by atoms with Crippen LogP contribution in [0.5, 0.6) is 0 Å². The third kappa shape index (κ3) is 1.99. The highest BCUT2D eigenvalue weighted by atomic mass is 32.1. The van der Waals surface area contributed by atoms with Gasteiger partial charge in [0.15, 0.2) is 0 Å². The number of hydrogen-bond acceptors (Lipinski definition) is 4. The zero-order valence-corrected chi connectivity index (χ0v) is 8.71. The molecule has 1 unspecified atom stereocenters. The summed E-state index contributed by atoms with van der Waals surface area (Å²) in [6.45, 7) is 1.41. The van der Waals surface area contributed by atoms with Gasteiger partial charge in [0.2, 0.25) is 0 Å². The molecule has 1 atom stereocenters. The van der Waals surface area contributed by atoms with E-state index in [-0.39, 0.29) is 12.2 Å². The summed E-state index contributed by atoms with van der Waals surface area (Å²) in [6.07, 6.45) is 0. The van der Waals surface area contributed by atoms with Crippen molar-refractivity contribution < 1.29 is 23.8 Å². The van der Waals surface area contributed by atoms with E-state index in [0.717, 1.165) is 11.3 Å². The minimum absolute atomic E-state index is 0.0675. The van der Waals surface area contributed by atoms with Crippen LogP contribution in [-0.2, 0) is 20.0 Å². The number of thiophene rings is 1. The van der Waals surface area contributed by atoms with E-state index in [1.54, 1.807) is 0 Å². The van der Waals surface area contributed by atoms with Crippen LogP contribution in [-0.4, -0.2) is 23.7 Å². The van der Waals surface area contributed by atoms with Crippen molar-refractivity contribution in [2.24, 2.45) is 0 Å². The number of halogens is 1. The first-order chi connectivity index (χ1) is 7.03. The summed E-state index contributed by atoms with van der Waals surface area (Å²) in [6, 6.07) is 1.25. The Balaban J connectivity index is 3.10. The predicted octanol–water partition coefficient (Wildman–Crippen LogP) is 1.56. The van der Waals surface area contributed by atoms with Crippen molar-refractivity contribution >= 4 is 23.3 Å². The molecular weight excluding hydrogens is 223 g/mol. The highest BCUT2D eigenvalue weighted by molar-refractivity contribution is 7.08. The van der Waals surface area contributed by atoms with Crippen molar-refractivity contribution in [3.8, 4) is 0 Å². The third-order valence-electron chi connectivity index (χ3n) is 1.77. The summed E-state index contributed by atoms with van der Waals surface area (Å²) >= 11 is 1.11. The molecule has 0 spiro atoms. The van der Waals surface area contributed by atoms with Crippen molar-refractivity contribution in [1.29, 1.82) is 0 Å². The molecular formula is C9H9FO4S. The number of alkyl halides is 1. The quantitative estimate of drug-likeness (QED) is 0.632. The number of hydrogen-bond donors (Lipinski definition) is 1. The highest BCUT2D eigenvalue weighted by Crippen LogP contribution is 2.29. The molecule has 1 aromatic rings. The highest BCUT2D eigenvalue weighted by Gasteiger charge is 2.50. The predicted molar refractivity (Wildman–Crippen MR) is 51.4 cm³/mol. The number of carbonyl (C=O) groups excluding carboxylic acids is 1. The minimum atomic E-state index is -3.10. The first-order valence-electron chi connectivity index (χ1n) is 4.15. The van der Waals surface area contributed by atoms with Crippen LogP contribution in [0.15, 0.2) is 16.8 Å². The second-order valence-electron chi connectivity index (χ2n) is 2.70. The molecule has 0 radical (unpaired) electrons. The lowest BCUT2D eigenvalue weighted by molar-refractivity contribution is -0.171. The molecule has 15 heavy (non-hydrogen) atoms. The van der Waals surface area contributed by atoms with E-state index in [0.29, 0.717) is 0 Å². The van der Waals surface area contributed by atoms with Crippen LogP contribution in [0, 0.1) is 0 Å². The van der Waals surface area contributed by atoms with Gasteiger partial charge in [-0.25, -0.2) is 14.0 Å². The number of esters is 1. The first kappa shape index (κ1) is 11.6. The number of carboxylic acids is 1. The summed E-state index contributed by atoms with van der Waals surface area (Å²) < 4.78 is 18.4. The van der Waals surface area contributed by atoms with Gasteiger partial charge in [0.1, 0.15) is 0 Å². The smallest absolute Gasteiger partial charge is 0.360 e. The van der Waals surface area contributed by atoms with Crippen LogP contribution < -0.4 is 0 Å². The van der Waals surface area contributed by atoms with Gasteiger partial charge in [-0.3, -0.25) is 0 Å². The van der Waals surface area contributed by atoms with Crippen LogP contribution in [0.3, 0.4) is 0 Å². The molecule has 1 heterocycles. The third-order valence-corrected chi connectivity index (χ3v) is 2.45. The van der Waals surface area contributed by atoms with Crippen LogP contribution in [0.4, 0.5) is 4.39 Å². The molecule has 1 N–H and O–H groups in total. The average molecular weight is 232 g/mol. The lowest BCUT2D eigenvalue weighted by Crippen LogP contribution is -2.40. The molecule has 82 valence electrons. The Morgan fingerprint density at radius 2 is 2.33 bits per heavy atom. The standard InChI is InChI=1S/C9H9FO4S/c1-2-14-8(13)9(10,7(11)12)6-3-4-15-5-6/h3-5H,2H2,1H3,(H,11,12). The number of carbonyl (C=O) groups is 2. The van der Waals surface area contributed by atoms with Gasteiger partial charge in [-0.1, -0.05) is 0 Å². The fraction of sp³-hybridized carbons (Fsp3) is 0.333. The second kappa shape index (κ2) is 4.39. The molecule has 0 aliphatic heterocycles.